The molecule has 1 N–H and O–H groups in total. The highest BCUT2D eigenvalue weighted by atomic mass is 35.5. The van der Waals surface area contributed by atoms with Gasteiger partial charge >= 0.3 is 0 Å². The van der Waals surface area contributed by atoms with Crippen LogP contribution in [0.25, 0.3) is 0 Å². The highest BCUT2D eigenvalue weighted by Gasteiger charge is 2.18. The third kappa shape index (κ3) is 2.54. The maximum absolute atomic E-state index is 6.13. The fraction of sp³-hybridized carbons (Fsp3) is 0.500. The van der Waals surface area contributed by atoms with Crippen LogP contribution in [0.4, 0.5) is 0 Å². The SMILES string of the molecule is Clc1cc(CNN2CCOCC2)cc2c1OCO2. The Morgan fingerprint density at radius 1 is 1.22 bits per heavy atom. The van der Waals surface area contributed by atoms with Gasteiger partial charge in [0.15, 0.2) is 11.5 Å². The van der Waals surface area contributed by atoms with Gasteiger partial charge in [-0.2, -0.15) is 0 Å². The van der Waals surface area contributed by atoms with Crippen LogP contribution in [-0.2, 0) is 11.3 Å². The Morgan fingerprint density at radius 2 is 2.06 bits per heavy atom. The first-order valence-electron chi connectivity index (χ1n) is 5.97. The van der Waals surface area contributed by atoms with Crippen LogP contribution in [0.3, 0.4) is 0 Å². The van der Waals surface area contributed by atoms with Crippen molar-refractivity contribution in [3.63, 3.8) is 0 Å². The molecule has 2 heterocycles. The van der Waals surface area contributed by atoms with Crippen molar-refractivity contribution in [3.05, 3.63) is 22.7 Å². The summed E-state index contributed by atoms with van der Waals surface area (Å²) in [5.74, 6) is 1.37. The van der Waals surface area contributed by atoms with Gasteiger partial charge in [-0.25, -0.2) is 5.01 Å². The third-order valence-corrected chi connectivity index (χ3v) is 3.29. The zero-order valence-electron chi connectivity index (χ0n) is 9.95. The minimum Gasteiger partial charge on any atom is -0.454 e. The second-order valence-corrected chi connectivity index (χ2v) is 4.65. The van der Waals surface area contributed by atoms with Crippen molar-refractivity contribution in [2.75, 3.05) is 33.1 Å². The van der Waals surface area contributed by atoms with E-state index in [1.54, 1.807) is 0 Å². The number of nitrogens with zero attached hydrogens (tertiary/aromatic N) is 1. The van der Waals surface area contributed by atoms with Crippen molar-refractivity contribution in [1.29, 1.82) is 0 Å². The molecule has 3 rings (SSSR count). The van der Waals surface area contributed by atoms with E-state index in [2.05, 4.69) is 10.4 Å². The predicted molar refractivity (Wildman–Crippen MR) is 66.8 cm³/mol. The summed E-state index contributed by atoms with van der Waals surface area (Å²) >= 11 is 6.13. The van der Waals surface area contributed by atoms with Gasteiger partial charge in [0.25, 0.3) is 0 Å². The molecule has 0 amide bonds. The van der Waals surface area contributed by atoms with Crippen LogP contribution < -0.4 is 14.9 Å². The number of benzene rings is 1. The molecule has 0 bridgehead atoms. The van der Waals surface area contributed by atoms with E-state index in [9.17, 15) is 0 Å². The first kappa shape index (κ1) is 12.0. The number of ether oxygens (including phenoxy) is 3. The summed E-state index contributed by atoms with van der Waals surface area (Å²) in [5.41, 5.74) is 4.43. The fourth-order valence-electron chi connectivity index (χ4n) is 2.05. The van der Waals surface area contributed by atoms with E-state index in [-0.39, 0.29) is 6.79 Å². The number of rotatable bonds is 3. The molecule has 1 saturated heterocycles. The monoisotopic (exact) mass is 270 g/mol. The zero-order chi connectivity index (χ0) is 12.4. The molecular weight excluding hydrogens is 256 g/mol. The Morgan fingerprint density at radius 3 is 2.89 bits per heavy atom. The second kappa shape index (κ2) is 5.32. The molecule has 0 atom stereocenters. The Balaban J connectivity index is 1.64. The van der Waals surface area contributed by atoms with Crippen molar-refractivity contribution in [1.82, 2.24) is 10.4 Å². The number of hydrogen-bond acceptors (Lipinski definition) is 5. The van der Waals surface area contributed by atoms with E-state index in [4.69, 9.17) is 25.8 Å². The van der Waals surface area contributed by atoms with E-state index in [1.165, 1.54) is 0 Å². The van der Waals surface area contributed by atoms with Crippen molar-refractivity contribution in [3.8, 4) is 11.5 Å². The maximum Gasteiger partial charge on any atom is 0.231 e. The molecular formula is C12H15ClN2O3. The Kier molecular flexibility index (Phi) is 3.56. The van der Waals surface area contributed by atoms with Gasteiger partial charge in [0, 0.05) is 19.6 Å². The first-order chi connectivity index (χ1) is 8.83. The highest BCUT2D eigenvalue weighted by Crippen LogP contribution is 2.39. The van der Waals surface area contributed by atoms with E-state index < -0.39 is 0 Å². The molecule has 18 heavy (non-hydrogen) atoms. The molecule has 1 aromatic rings. The van der Waals surface area contributed by atoms with Gasteiger partial charge in [0.1, 0.15) is 0 Å². The number of hydrazine groups is 1. The summed E-state index contributed by atoms with van der Waals surface area (Å²) in [6, 6.07) is 3.87. The lowest BCUT2D eigenvalue weighted by Crippen LogP contribution is -2.45. The molecule has 0 unspecified atom stereocenters. The Labute approximate surface area is 111 Å². The molecule has 0 aliphatic carbocycles. The van der Waals surface area contributed by atoms with Crippen LogP contribution in [0, 0.1) is 0 Å². The van der Waals surface area contributed by atoms with Crippen LogP contribution in [-0.4, -0.2) is 38.1 Å². The summed E-state index contributed by atoms with van der Waals surface area (Å²) in [4.78, 5) is 0. The number of nitrogens with one attached hydrogen (secondary N) is 1. The standard InChI is InChI=1S/C12H15ClN2O3/c13-10-5-9(6-11-12(10)18-8-17-11)7-14-15-1-3-16-4-2-15/h5-6,14H,1-4,7-8H2. The lowest BCUT2D eigenvalue weighted by atomic mass is 10.2. The summed E-state index contributed by atoms with van der Waals surface area (Å²) in [6.45, 7) is 4.31. The Hall–Kier alpha value is -1.01. The molecule has 1 aromatic carbocycles. The lowest BCUT2D eigenvalue weighted by molar-refractivity contribution is 0.0105. The van der Waals surface area contributed by atoms with E-state index >= 15 is 0 Å². The van der Waals surface area contributed by atoms with Crippen LogP contribution in [0.15, 0.2) is 12.1 Å². The molecule has 6 heteroatoms. The molecule has 0 saturated carbocycles. The summed E-state index contributed by atoms with van der Waals surface area (Å²) in [5, 5.41) is 2.76. The molecule has 0 spiro atoms. The molecule has 98 valence electrons. The topological polar surface area (TPSA) is 43.0 Å². The van der Waals surface area contributed by atoms with Crippen molar-refractivity contribution >= 4 is 11.6 Å². The van der Waals surface area contributed by atoms with Crippen molar-refractivity contribution < 1.29 is 14.2 Å². The van der Waals surface area contributed by atoms with Crippen molar-refractivity contribution in [2.45, 2.75) is 6.54 Å². The quantitative estimate of drug-likeness (QED) is 0.900. The number of halogens is 1. The van der Waals surface area contributed by atoms with E-state index in [0.29, 0.717) is 10.8 Å². The lowest BCUT2D eigenvalue weighted by Gasteiger charge is -2.27. The number of fused-ring (bicyclic) bond motifs is 1. The average Bonchev–Trinajstić information content (AvgIpc) is 2.86. The Bertz CT molecular complexity index is 436. The maximum atomic E-state index is 6.13. The smallest absolute Gasteiger partial charge is 0.231 e. The predicted octanol–water partition coefficient (Wildman–Crippen LogP) is 1.41. The summed E-state index contributed by atoms with van der Waals surface area (Å²) < 4.78 is 15.9. The van der Waals surface area contributed by atoms with Crippen LogP contribution in [0.2, 0.25) is 5.02 Å². The summed E-state index contributed by atoms with van der Waals surface area (Å²) in [6.07, 6.45) is 0. The molecule has 2 aliphatic rings. The van der Waals surface area contributed by atoms with Gasteiger partial charge in [-0.05, 0) is 17.7 Å². The third-order valence-electron chi connectivity index (χ3n) is 3.00. The molecule has 2 aliphatic heterocycles. The van der Waals surface area contributed by atoms with E-state index in [0.717, 1.165) is 44.2 Å². The number of hydrogen-bond donors (Lipinski definition) is 1. The van der Waals surface area contributed by atoms with Crippen LogP contribution in [0.5, 0.6) is 11.5 Å². The number of morpholine rings is 1. The largest absolute Gasteiger partial charge is 0.454 e. The molecule has 5 nitrogen and oxygen atoms in total. The first-order valence-corrected chi connectivity index (χ1v) is 6.35. The summed E-state index contributed by atoms with van der Waals surface area (Å²) in [7, 11) is 0. The van der Waals surface area contributed by atoms with Crippen LogP contribution >= 0.6 is 11.6 Å². The molecule has 0 radical (unpaired) electrons. The second-order valence-electron chi connectivity index (χ2n) is 4.25. The fourth-order valence-corrected chi connectivity index (χ4v) is 2.34. The van der Waals surface area contributed by atoms with Gasteiger partial charge in [-0.3, -0.25) is 5.43 Å². The highest BCUT2D eigenvalue weighted by molar-refractivity contribution is 6.32. The van der Waals surface area contributed by atoms with Gasteiger partial charge in [0.05, 0.1) is 18.2 Å². The van der Waals surface area contributed by atoms with Crippen molar-refractivity contribution in [2.24, 2.45) is 0 Å². The molecule has 1 fully saturated rings. The average molecular weight is 271 g/mol. The molecule has 0 aromatic heterocycles. The minimum absolute atomic E-state index is 0.245. The minimum atomic E-state index is 0.245. The van der Waals surface area contributed by atoms with Gasteiger partial charge in [0.2, 0.25) is 6.79 Å². The zero-order valence-corrected chi connectivity index (χ0v) is 10.7. The van der Waals surface area contributed by atoms with E-state index in [1.807, 2.05) is 12.1 Å². The normalized spacial score (nSPS) is 19.2. The van der Waals surface area contributed by atoms with Gasteiger partial charge < -0.3 is 14.2 Å². The van der Waals surface area contributed by atoms with Gasteiger partial charge in [-0.15, -0.1) is 0 Å². The van der Waals surface area contributed by atoms with Crippen LogP contribution in [0.1, 0.15) is 5.56 Å². The van der Waals surface area contributed by atoms with Gasteiger partial charge in [-0.1, -0.05) is 11.6 Å².